The third-order valence-electron chi connectivity index (χ3n) is 2.78. The Morgan fingerprint density at radius 3 is 2.41 bits per heavy atom. The highest BCUT2D eigenvalue weighted by Crippen LogP contribution is 2.02. The van der Waals surface area contributed by atoms with E-state index in [1.807, 2.05) is 35.8 Å². The number of nitrogens with zero attached hydrogens (tertiary/aromatic N) is 1. The van der Waals surface area contributed by atoms with E-state index < -0.39 is 17.6 Å². The number of nitrogens with one attached hydrogen (secondary N) is 2. The highest BCUT2D eigenvalue weighted by Gasteiger charge is 2.11. The van der Waals surface area contributed by atoms with Crippen LogP contribution >= 0.6 is 0 Å². The Labute approximate surface area is 126 Å². The van der Waals surface area contributed by atoms with Crippen molar-refractivity contribution in [2.75, 3.05) is 0 Å². The fraction of sp³-hybridized carbons (Fsp3) is 0.0625. The molecule has 2 aromatic rings. The number of benzene rings is 2. The molecule has 22 heavy (non-hydrogen) atoms. The van der Waals surface area contributed by atoms with Gasteiger partial charge in [-0.05, 0) is 11.6 Å². The largest absolute Gasteiger partial charge is 0.344 e. The number of rotatable bonds is 4. The fourth-order valence-electron chi connectivity index (χ4n) is 1.65. The highest BCUT2D eigenvalue weighted by molar-refractivity contribution is 6.35. The molecule has 0 aliphatic carbocycles. The van der Waals surface area contributed by atoms with Crippen molar-refractivity contribution in [3.8, 4) is 0 Å². The van der Waals surface area contributed by atoms with Crippen LogP contribution in [0.2, 0.25) is 0 Å². The van der Waals surface area contributed by atoms with E-state index in [1.54, 1.807) is 12.1 Å². The minimum Gasteiger partial charge on any atom is -0.344 e. The number of carbonyl (C=O) groups is 2. The van der Waals surface area contributed by atoms with Crippen LogP contribution in [0.1, 0.15) is 11.1 Å². The first-order valence-corrected chi connectivity index (χ1v) is 6.56. The molecule has 0 aliphatic heterocycles. The minimum absolute atomic E-state index is 0.215. The van der Waals surface area contributed by atoms with E-state index in [0.29, 0.717) is 0 Å². The Kier molecular flexibility index (Phi) is 5.37. The van der Waals surface area contributed by atoms with Crippen LogP contribution in [0, 0.1) is 5.82 Å². The SMILES string of the molecule is O=C(NCc1ccccc1)C(=O)N/N=C\c1ccccc1F. The van der Waals surface area contributed by atoms with Gasteiger partial charge in [0.05, 0.1) is 6.21 Å². The van der Waals surface area contributed by atoms with E-state index in [2.05, 4.69) is 10.4 Å². The van der Waals surface area contributed by atoms with Gasteiger partial charge in [-0.3, -0.25) is 9.59 Å². The molecule has 2 amide bonds. The first-order chi connectivity index (χ1) is 10.7. The van der Waals surface area contributed by atoms with E-state index in [9.17, 15) is 14.0 Å². The molecule has 0 aliphatic rings. The van der Waals surface area contributed by atoms with Crippen LogP contribution in [0.4, 0.5) is 4.39 Å². The van der Waals surface area contributed by atoms with Crippen molar-refractivity contribution in [3.63, 3.8) is 0 Å². The van der Waals surface area contributed by atoms with Gasteiger partial charge >= 0.3 is 11.8 Å². The molecule has 0 saturated carbocycles. The summed E-state index contributed by atoms with van der Waals surface area (Å²) in [5.74, 6) is -2.19. The zero-order chi connectivity index (χ0) is 15.8. The number of amides is 2. The molecular formula is C16H14FN3O2. The van der Waals surface area contributed by atoms with Gasteiger partial charge in [0.15, 0.2) is 0 Å². The Hall–Kier alpha value is -3.02. The molecule has 0 heterocycles. The van der Waals surface area contributed by atoms with Crippen LogP contribution in [0.3, 0.4) is 0 Å². The maximum atomic E-state index is 13.3. The average molecular weight is 299 g/mol. The molecule has 0 saturated heterocycles. The van der Waals surface area contributed by atoms with E-state index >= 15 is 0 Å². The lowest BCUT2D eigenvalue weighted by molar-refractivity contribution is -0.139. The van der Waals surface area contributed by atoms with E-state index in [1.165, 1.54) is 12.1 Å². The summed E-state index contributed by atoms with van der Waals surface area (Å²) < 4.78 is 13.3. The van der Waals surface area contributed by atoms with Gasteiger partial charge in [-0.2, -0.15) is 5.10 Å². The van der Waals surface area contributed by atoms with Crippen molar-refractivity contribution < 1.29 is 14.0 Å². The van der Waals surface area contributed by atoms with Gasteiger partial charge in [0, 0.05) is 12.1 Å². The Balaban J connectivity index is 1.82. The fourth-order valence-corrected chi connectivity index (χ4v) is 1.65. The quantitative estimate of drug-likeness (QED) is 0.511. The van der Waals surface area contributed by atoms with E-state index in [0.717, 1.165) is 11.8 Å². The molecule has 0 unspecified atom stereocenters. The van der Waals surface area contributed by atoms with Crippen molar-refractivity contribution in [2.45, 2.75) is 6.54 Å². The van der Waals surface area contributed by atoms with Gasteiger partial charge in [0.2, 0.25) is 0 Å². The molecule has 0 atom stereocenters. The summed E-state index contributed by atoms with van der Waals surface area (Å²) in [5.41, 5.74) is 3.14. The number of carbonyl (C=O) groups excluding carboxylic acids is 2. The van der Waals surface area contributed by atoms with E-state index in [4.69, 9.17) is 0 Å². The summed E-state index contributed by atoms with van der Waals surface area (Å²) in [4.78, 5) is 23.1. The average Bonchev–Trinajstić information content (AvgIpc) is 2.55. The first kappa shape index (κ1) is 15.4. The first-order valence-electron chi connectivity index (χ1n) is 6.56. The summed E-state index contributed by atoms with van der Waals surface area (Å²) in [5, 5.41) is 6.01. The van der Waals surface area contributed by atoms with Crippen LogP contribution in [0.5, 0.6) is 0 Å². The molecule has 0 bridgehead atoms. The topological polar surface area (TPSA) is 70.6 Å². The predicted molar refractivity (Wildman–Crippen MR) is 80.4 cm³/mol. The summed E-state index contributed by atoms with van der Waals surface area (Å²) >= 11 is 0. The van der Waals surface area contributed by atoms with Gasteiger partial charge in [0.1, 0.15) is 5.82 Å². The number of hydrazone groups is 1. The van der Waals surface area contributed by atoms with Crippen LogP contribution in [-0.2, 0) is 16.1 Å². The Morgan fingerprint density at radius 2 is 1.68 bits per heavy atom. The van der Waals surface area contributed by atoms with Crippen molar-refractivity contribution in [1.82, 2.24) is 10.7 Å². The van der Waals surface area contributed by atoms with Gasteiger partial charge in [0.25, 0.3) is 0 Å². The molecule has 2 rings (SSSR count). The Morgan fingerprint density at radius 1 is 1.00 bits per heavy atom. The summed E-state index contributed by atoms with van der Waals surface area (Å²) in [6.07, 6.45) is 1.14. The molecular weight excluding hydrogens is 285 g/mol. The zero-order valence-electron chi connectivity index (χ0n) is 11.6. The van der Waals surface area contributed by atoms with Gasteiger partial charge in [-0.15, -0.1) is 0 Å². The maximum absolute atomic E-state index is 13.3. The lowest BCUT2D eigenvalue weighted by Crippen LogP contribution is -2.37. The van der Waals surface area contributed by atoms with Crippen molar-refractivity contribution >= 4 is 18.0 Å². The number of halogens is 1. The minimum atomic E-state index is -0.913. The van der Waals surface area contributed by atoms with Crippen LogP contribution in [0.25, 0.3) is 0 Å². The molecule has 0 spiro atoms. The van der Waals surface area contributed by atoms with Gasteiger partial charge < -0.3 is 5.32 Å². The molecule has 5 nitrogen and oxygen atoms in total. The molecule has 6 heteroatoms. The van der Waals surface area contributed by atoms with Gasteiger partial charge in [-0.1, -0.05) is 48.5 Å². The molecule has 0 fully saturated rings. The maximum Gasteiger partial charge on any atom is 0.329 e. The van der Waals surface area contributed by atoms with Crippen molar-refractivity contribution in [1.29, 1.82) is 0 Å². The number of hydrogen-bond acceptors (Lipinski definition) is 3. The molecule has 2 aromatic carbocycles. The summed E-state index contributed by atoms with van der Waals surface area (Å²) in [6, 6.07) is 15.1. The second-order valence-corrected chi connectivity index (χ2v) is 4.39. The van der Waals surface area contributed by atoms with E-state index in [-0.39, 0.29) is 12.1 Å². The monoisotopic (exact) mass is 299 g/mol. The molecule has 2 N–H and O–H groups in total. The third kappa shape index (κ3) is 4.52. The Bertz CT molecular complexity index is 687. The zero-order valence-corrected chi connectivity index (χ0v) is 11.6. The predicted octanol–water partition coefficient (Wildman–Crippen LogP) is 1.59. The van der Waals surface area contributed by atoms with Crippen LogP contribution < -0.4 is 10.7 Å². The lowest BCUT2D eigenvalue weighted by atomic mass is 10.2. The van der Waals surface area contributed by atoms with Crippen LogP contribution in [-0.4, -0.2) is 18.0 Å². The smallest absolute Gasteiger partial charge is 0.329 e. The molecule has 0 radical (unpaired) electrons. The second kappa shape index (κ2) is 7.68. The lowest BCUT2D eigenvalue weighted by Gasteiger charge is -2.03. The number of hydrogen-bond donors (Lipinski definition) is 2. The second-order valence-electron chi connectivity index (χ2n) is 4.39. The summed E-state index contributed by atoms with van der Waals surface area (Å²) in [6.45, 7) is 0.240. The molecule has 0 aromatic heterocycles. The van der Waals surface area contributed by atoms with Crippen LogP contribution in [0.15, 0.2) is 59.7 Å². The van der Waals surface area contributed by atoms with Gasteiger partial charge in [-0.25, -0.2) is 9.82 Å². The highest BCUT2D eigenvalue weighted by atomic mass is 19.1. The standard InChI is InChI=1S/C16H14FN3O2/c17-14-9-5-4-8-13(14)11-19-20-16(22)15(21)18-10-12-6-2-1-3-7-12/h1-9,11H,10H2,(H,18,21)(H,20,22)/b19-11-. The third-order valence-corrected chi connectivity index (χ3v) is 2.78. The van der Waals surface area contributed by atoms with Crippen molar-refractivity contribution in [2.24, 2.45) is 5.10 Å². The molecule has 112 valence electrons. The summed E-state index contributed by atoms with van der Waals surface area (Å²) in [7, 11) is 0. The normalized spacial score (nSPS) is 10.4. The van der Waals surface area contributed by atoms with Crippen molar-refractivity contribution in [3.05, 3.63) is 71.5 Å².